The normalized spacial score (nSPS) is 12.4. The molecule has 0 heterocycles. The maximum Gasteiger partial charge on any atom is 0.244 e. The SMILES string of the molecule is CCC(C(=O)NC(C)C)N(Cc1ccc(Cl)cc1)C(=O)CN(c1cc(Cl)ccc1C)S(C)(=O)=O. The van der Waals surface area contributed by atoms with E-state index in [1.54, 1.807) is 43.3 Å². The van der Waals surface area contributed by atoms with Crippen LogP contribution in [0, 0.1) is 6.92 Å². The first kappa shape index (κ1) is 28.0. The molecular formula is C24H31Cl2N3O4S. The minimum atomic E-state index is -3.83. The number of carbonyl (C=O) groups excluding carboxylic acids is 2. The largest absolute Gasteiger partial charge is 0.352 e. The first-order valence-corrected chi connectivity index (χ1v) is 13.5. The lowest BCUT2D eigenvalue weighted by atomic mass is 10.1. The third kappa shape index (κ3) is 7.61. The zero-order valence-electron chi connectivity index (χ0n) is 20.0. The Morgan fingerprint density at radius 2 is 1.62 bits per heavy atom. The zero-order valence-corrected chi connectivity index (χ0v) is 22.3. The molecule has 1 atom stereocenters. The lowest BCUT2D eigenvalue weighted by molar-refractivity contribution is -0.140. The molecule has 0 aliphatic heterocycles. The highest BCUT2D eigenvalue weighted by Gasteiger charge is 2.32. The van der Waals surface area contributed by atoms with Gasteiger partial charge in [-0.1, -0.05) is 48.3 Å². The molecule has 2 aromatic rings. The lowest BCUT2D eigenvalue weighted by Crippen LogP contribution is -2.53. The smallest absolute Gasteiger partial charge is 0.244 e. The van der Waals surface area contributed by atoms with Gasteiger partial charge in [0.05, 0.1) is 11.9 Å². The van der Waals surface area contributed by atoms with E-state index in [4.69, 9.17) is 23.2 Å². The van der Waals surface area contributed by atoms with Gasteiger partial charge in [-0.3, -0.25) is 13.9 Å². The van der Waals surface area contributed by atoms with Crippen LogP contribution in [0.15, 0.2) is 42.5 Å². The number of anilines is 1. The number of nitrogens with one attached hydrogen (secondary N) is 1. The van der Waals surface area contributed by atoms with E-state index in [2.05, 4.69) is 5.32 Å². The van der Waals surface area contributed by atoms with Crippen molar-refractivity contribution in [3.63, 3.8) is 0 Å². The second-order valence-corrected chi connectivity index (χ2v) is 11.2. The van der Waals surface area contributed by atoms with E-state index in [9.17, 15) is 18.0 Å². The maximum absolute atomic E-state index is 13.6. The summed E-state index contributed by atoms with van der Waals surface area (Å²) in [6, 6.07) is 10.9. The summed E-state index contributed by atoms with van der Waals surface area (Å²) in [5.74, 6) is -0.810. The Morgan fingerprint density at radius 1 is 1.03 bits per heavy atom. The summed E-state index contributed by atoms with van der Waals surface area (Å²) in [5.41, 5.74) is 1.73. The van der Waals surface area contributed by atoms with Crippen LogP contribution in [0.3, 0.4) is 0 Å². The third-order valence-corrected chi connectivity index (χ3v) is 6.82. The van der Waals surface area contributed by atoms with Crippen molar-refractivity contribution in [2.75, 3.05) is 17.1 Å². The van der Waals surface area contributed by atoms with Crippen molar-refractivity contribution in [2.45, 2.75) is 52.7 Å². The van der Waals surface area contributed by atoms with Crippen LogP contribution in [0.1, 0.15) is 38.3 Å². The molecule has 0 aliphatic carbocycles. The van der Waals surface area contributed by atoms with Crippen LogP contribution in [-0.2, 0) is 26.2 Å². The molecule has 0 aromatic heterocycles. The van der Waals surface area contributed by atoms with Crippen LogP contribution in [-0.4, -0.2) is 50.0 Å². The fourth-order valence-electron chi connectivity index (χ4n) is 3.53. The van der Waals surface area contributed by atoms with Gasteiger partial charge < -0.3 is 10.2 Å². The monoisotopic (exact) mass is 527 g/mol. The van der Waals surface area contributed by atoms with E-state index in [-0.39, 0.29) is 18.5 Å². The van der Waals surface area contributed by atoms with Crippen LogP contribution in [0.2, 0.25) is 10.0 Å². The van der Waals surface area contributed by atoms with Crippen LogP contribution < -0.4 is 9.62 Å². The van der Waals surface area contributed by atoms with E-state index in [0.717, 1.165) is 16.1 Å². The van der Waals surface area contributed by atoms with Crippen molar-refractivity contribution in [2.24, 2.45) is 0 Å². The van der Waals surface area contributed by atoms with Crippen molar-refractivity contribution in [1.29, 1.82) is 0 Å². The third-order valence-electron chi connectivity index (χ3n) is 5.20. The van der Waals surface area contributed by atoms with Gasteiger partial charge in [0.1, 0.15) is 12.6 Å². The quantitative estimate of drug-likeness (QED) is 0.495. The number of rotatable bonds is 10. The Labute approximate surface area is 212 Å². The number of aryl methyl sites for hydroxylation is 1. The fourth-order valence-corrected chi connectivity index (χ4v) is 4.72. The highest BCUT2D eigenvalue weighted by atomic mass is 35.5. The number of sulfonamides is 1. The Bertz CT molecular complexity index is 1120. The molecule has 0 saturated carbocycles. The number of amides is 2. The van der Waals surface area contributed by atoms with Crippen molar-refractivity contribution < 1.29 is 18.0 Å². The second-order valence-electron chi connectivity index (χ2n) is 8.44. The molecule has 0 spiro atoms. The standard InChI is InChI=1S/C24H31Cl2N3O4S/c1-6-21(24(31)27-16(2)3)28(14-18-8-11-19(25)12-9-18)23(30)15-29(34(5,32)33)22-13-20(26)10-7-17(22)4/h7-13,16,21H,6,14-15H2,1-5H3,(H,27,31). The lowest BCUT2D eigenvalue weighted by Gasteiger charge is -2.33. The predicted molar refractivity (Wildman–Crippen MR) is 138 cm³/mol. The molecule has 0 fully saturated rings. The number of halogens is 2. The summed E-state index contributed by atoms with van der Waals surface area (Å²) in [4.78, 5) is 28.0. The second kappa shape index (κ2) is 11.9. The van der Waals surface area contributed by atoms with Crippen LogP contribution >= 0.6 is 23.2 Å². The fraction of sp³-hybridized carbons (Fsp3) is 0.417. The molecular weight excluding hydrogens is 497 g/mol. The van der Waals surface area contributed by atoms with Crippen LogP contribution in [0.25, 0.3) is 0 Å². The summed E-state index contributed by atoms with van der Waals surface area (Å²) in [6.07, 6.45) is 1.39. The van der Waals surface area contributed by atoms with Gasteiger partial charge in [0.2, 0.25) is 21.8 Å². The Morgan fingerprint density at radius 3 is 2.15 bits per heavy atom. The minimum absolute atomic E-state index is 0.115. The number of hydrogen-bond acceptors (Lipinski definition) is 4. The van der Waals surface area contributed by atoms with Gasteiger partial charge in [-0.15, -0.1) is 0 Å². The van der Waals surface area contributed by atoms with Crippen molar-refractivity contribution in [3.8, 4) is 0 Å². The average molecular weight is 529 g/mol. The summed E-state index contributed by atoms with van der Waals surface area (Å²) < 4.78 is 26.4. The molecule has 2 rings (SSSR count). The number of carbonyl (C=O) groups is 2. The summed E-state index contributed by atoms with van der Waals surface area (Å²) in [5, 5.41) is 3.75. The minimum Gasteiger partial charge on any atom is -0.352 e. The predicted octanol–water partition coefficient (Wildman–Crippen LogP) is 4.40. The molecule has 1 N–H and O–H groups in total. The molecule has 0 aliphatic rings. The van der Waals surface area contributed by atoms with Gasteiger partial charge >= 0.3 is 0 Å². The molecule has 34 heavy (non-hydrogen) atoms. The van der Waals surface area contributed by atoms with Gasteiger partial charge in [0.15, 0.2) is 0 Å². The zero-order chi connectivity index (χ0) is 25.6. The van der Waals surface area contributed by atoms with E-state index in [1.807, 2.05) is 20.8 Å². The van der Waals surface area contributed by atoms with E-state index in [1.165, 1.54) is 11.0 Å². The van der Waals surface area contributed by atoms with E-state index in [0.29, 0.717) is 27.7 Å². The van der Waals surface area contributed by atoms with Crippen molar-refractivity contribution >= 4 is 50.7 Å². The highest BCUT2D eigenvalue weighted by molar-refractivity contribution is 7.92. The molecule has 2 amide bonds. The van der Waals surface area contributed by atoms with Gasteiger partial charge in [-0.2, -0.15) is 0 Å². The van der Waals surface area contributed by atoms with Gasteiger partial charge in [-0.05, 0) is 62.6 Å². The molecule has 0 saturated heterocycles. The molecule has 1 unspecified atom stereocenters. The molecule has 0 radical (unpaired) electrons. The summed E-state index contributed by atoms with van der Waals surface area (Å²) >= 11 is 12.1. The first-order chi connectivity index (χ1) is 15.8. The summed E-state index contributed by atoms with van der Waals surface area (Å²) in [6.45, 7) is 6.87. The van der Waals surface area contributed by atoms with Gasteiger partial charge in [0, 0.05) is 22.6 Å². The molecule has 2 aromatic carbocycles. The Kier molecular flexibility index (Phi) is 9.79. The van der Waals surface area contributed by atoms with Crippen LogP contribution in [0.5, 0.6) is 0 Å². The van der Waals surface area contributed by atoms with E-state index >= 15 is 0 Å². The molecule has 7 nitrogen and oxygen atoms in total. The molecule has 186 valence electrons. The van der Waals surface area contributed by atoms with Crippen molar-refractivity contribution in [1.82, 2.24) is 10.2 Å². The van der Waals surface area contributed by atoms with Gasteiger partial charge in [-0.25, -0.2) is 8.42 Å². The maximum atomic E-state index is 13.6. The van der Waals surface area contributed by atoms with E-state index < -0.39 is 28.5 Å². The average Bonchev–Trinajstić information content (AvgIpc) is 2.73. The number of hydrogen-bond donors (Lipinski definition) is 1. The molecule has 10 heteroatoms. The molecule has 0 bridgehead atoms. The topological polar surface area (TPSA) is 86.8 Å². The van der Waals surface area contributed by atoms with Crippen LogP contribution in [0.4, 0.5) is 5.69 Å². The number of nitrogens with zero attached hydrogens (tertiary/aromatic N) is 2. The Balaban J connectivity index is 2.48. The first-order valence-electron chi connectivity index (χ1n) is 10.9. The summed E-state index contributed by atoms with van der Waals surface area (Å²) in [7, 11) is -3.83. The highest BCUT2D eigenvalue weighted by Crippen LogP contribution is 2.27. The Hall–Kier alpha value is -2.29. The van der Waals surface area contributed by atoms with Gasteiger partial charge in [0.25, 0.3) is 0 Å². The number of benzene rings is 2. The van der Waals surface area contributed by atoms with Crippen molar-refractivity contribution in [3.05, 3.63) is 63.6 Å².